The van der Waals surface area contributed by atoms with Gasteiger partial charge in [-0.3, -0.25) is 0 Å². The third-order valence-corrected chi connectivity index (χ3v) is 4.75. The van der Waals surface area contributed by atoms with Gasteiger partial charge in [-0.2, -0.15) is 0 Å². The van der Waals surface area contributed by atoms with E-state index in [1.807, 2.05) is 0 Å². The van der Waals surface area contributed by atoms with Crippen molar-refractivity contribution in [1.29, 1.82) is 0 Å². The summed E-state index contributed by atoms with van der Waals surface area (Å²) in [6.07, 6.45) is 7.76. The Hall–Kier alpha value is -0.540. The normalized spacial score (nSPS) is 18.0. The van der Waals surface area contributed by atoms with E-state index in [2.05, 4.69) is 52.9 Å². The first-order chi connectivity index (χ1) is 9.61. The zero-order valence-electron chi connectivity index (χ0n) is 12.7. The third-order valence-electron chi connectivity index (χ3n) is 4.25. The minimum atomic E-state index is 0.208. The van der Waals surface area contributed by atoms with Gasteiger partial charge in [-0.05, 0) is 50.8 Å². The molecule has 0 radical (unpaired) electrons. The molecule has 2 nitrogen and oxygen atoms in total. The summed E-state index contributed by atoms with van der Waals surface area (Å²) < 4.78 is 1.16. The molecule has 1 aliphatic rings. The van der Waals surface area contributed by atoms with Gasteiger partial charge in [0, 0.05) is 28.8 Å². The summed E-state index contributed by atoms with van der Waals surface area (Å²) in [4.78, 5) is 2.60. The van der Waals surface area contributed by atoms with Crippen molar-refractivity contribution in [3.8, 4) is 0 Å². The fraction of sp³-hybridized carbons (Fsp3) is 0.647. The molecule has 0 heterocycles. The second-order valence-corrected chi connectivity index (χ2v) is 6.95. The molecule has 112 valence electrons. The van der Waals surface area contributed by atoms with Crippen LogP contribution in [0.15, 0.2) is 22.7 Å². The molecule has 0 saturated heterocycles. The zero-order valence-corrected chi connectivity index (χ0v) is 14.3. The Morgan fingerprint density at radius 3 is 2.60 bits per heavy atom. The summed E-state index contributed by atoms with van der Waals surface area (Å²) in [5, 5.41) is 0. The Balaban J connectivity index is 2.28. The Morgan fingerprint density at radius 2 is 2.00 bits per heavy atom. The summed E-state index contributed by atoms with van der Waals surface area (Å²) in [6, 6.07) is 7.55. The van der Waals surface area contributed by atoms with Gasteiger partial charge in [0.15, 0.2) is 0 Å². The van der Waals surface area contributed by atoms with Gasteiger partial charge in [0.05, 0.1) is 0 Å². The van der Waals surface area contributed by atoms with Crippen molar-refractivity contribution in [3.63, 3.8) is 0 Å². The molecule has 2 rings (SSSR count). The molecule has 1 fully saturated rings. The van der Waals surface area contributed by atoms with Gasteiger partial charge in [-0.1, -0.05) is 41.3 Å². The molecule has 1 aliphatic carbocycles. The van der Waals surface area contributed by atoms with Crippen molar-refractivity contribution in [2.75, 3.05) is 11.4 Å². The van der Waals surface area contributed by atoms with Crippen LogP contribution in [-0.2, 0) is 6.42 Å². The average molecular weight is 339 g/mol. The highest BCUT2D eigenvalue weighted by Gasteiger charge is 2.22. The van der Waals surface area contributed by atoms with Gasteiger partial charge in [0.1, 0.15) is 0 Å². The minimum absolute atomic E-state index is 0.208. The van der Waals surface area contributed by atoms with E-state index < -0.39 is 0 Å². The van der Waals surface area contributed by atoms with E-state index >= 15 is 0 Å². The second-order valence-electron chi connectivity index (χ2n) is 6.03. The highest BCUT2D eigenvalue weighted by Crippen LogP contribution is 2.32. The molecule has 0 spiro atoms. The van der Waals surface area contributed by atoms with Gasteiger partial charge >= 0.3 is 0 Å². The van der Waals surface area contributed by atoms with Crippen LogP contribution in [-0.4, -0.2) is 18.6 Å². The van der Waals surface area contributed by atoms with Crippen molar-refractivity contribution < 1.29 is 0 Å². The Morgan fingerprint density at radius 1 is 1.30 bits per heavy atom. The largest absolute Gasteiger partial charge is 0.369 e. The van der Waals surface area contributed by atoms with Crippen LogP contribution in [0.2, 0.25) is 0 Å². The van der Waals surface area contributed by atoms with E-state index in [1.54, 1.807) is 0 Å². The molecule has 2 N–H and O–H groups in total. The van der Waals surface area contributed by atoms with Gasteiger partial charge in [-0.25, -0.2) is 0 Å². The van der Waals surface area contributed by atoms with Gasteiger partial charge in [-0.15, -0.1) is 0 Å². The molecular weight excluding hydrogens is 312 g/mol. The van der Waals surface area contributed by atoms with Crippen LogP contribution < -0.4 is 10.6 Å². The lowest BCUT2D eigenvalue weighted by molar-refractivity contribution is 0.417. The molecule has 0 bridgehead atoms. The number of rotatable bonds is 5. The van der Waals surface area contributed by atoms with Gasteiger partial charge in [0.25, 0.3) is 0 Å². The molecule has 0 aliphatic heterocycles. The van der Waals surface area contributed by atoms with Crippen molar-refractivity contribution in [2.24, 2.45) is 5.73 Å². The van der Waals surface area contributed by atoms with Crippen molar-refractivity contribution in [1.82, 2.24) is 0 Å². The number of nitrogens with zero attached hydrogens (tertiary/aromatic N) is 1. The molecular formula is C17H27BrN2. The van der Waals surface area contributed by atoms with Crippen molar-refractivity contribution in [3.05, 3.63) is 28.2 Å². The number of hydrogen-bond acceptors (Lipinski definition) is 2. The van der Waals surface area contributed by atoms with E-state index in [-0.39, 0.29) is 6.04 Å². The molecule has 1 aromatic carbocycles. The number of nitrogens with two attached hydrogens (primary N) is 1. The maximum atomic E-state index is 6.02. The quantitative estimate of drug-likeness (QED) is 0.856. The Kier molecular flexibility index (Phi) is 5.91. The second kappa shape index (κ2) is 7.46. The van der Waals surface area contributed by atoms with E-state index in [0.29, 0.717) is 6.04 Å². The zero-order chi connectivity index (χ0) is 14.5. The van der Waals surface area contributed by atoms with Crippen LogP contribution in [0, 0.1) is 0 Å². The van der Waals surface area contributed by atoms with E-state index in [1.165, 1.54) is 43.4 Å². The first kappa shape index (κ1) is 15.8. The van der Waals surface area contributed by atoms with E-state index in [0.717, 1.165) is 17.4 Å². The topological polar surface area (TPSA) is 29.3 Å². The first-order valence-corrected chi connectivity index (χ1v) is 8.71. The summed E-state index contributed by atoms with van der Waals surface area (Å²) in [6.45, 7) is 5.43. The summed E-state index contributed by atoms with van der Waals surface area (Å²) in [5.74, 6) is 0. The maximum absolute atomic E-state index is 6.02. The molecule has 3 heteroatoms. The Labute approximate surface area is 131 Å². The number of anilines is 1. The fourth-order valence-electron chi connectivity index (χ4n) is 3.34. The smallest absolute Gasteiger partial charge is 0.0413 e. The van der Waals surface area contributed by atoms with Crippen LogP contribution in [0.25, 0.3) is 0 Å². The average Bonchev–Trinajstić information content (AvgIpc) is 2.43. The molecule has 0 amide bonds. The molecule has 20 heavy (non-hydrogen) atoms. The molecule has 1 atom stereocenters. The molecule has 1 saturated carbocycles. The van der Waals surface area contributed by atoms with Crippen molar-refractivity contribution >= 4 is 21.6 Å². The van der Waals surface area contributed by atoms with Crippen LogP contribution in [0.5, 0.6) is 0 Å². The number of halogens is 1. The van der Waals surface area contributed by atoms with Crippen molar-refractivity contribution in [2.45, 2.75) is 64.5 Å². The lowest BCUT2D eigenvalue weighted by atomic mass is 9.93. The molecule has 1 unspecified atom stereocenters. The highest BCUT2D eigenvalue weighted by molar-refractivity contribution is 9.10. The number of hydrogen-bond donors (Lipinski definition) is 1. The van der Waals surface area contributed by atoms with Crippen LogP contribution >= 0.6 is 15.9 Å². The van der Waals surface area contributed by atoms with Crippen LogP contribution in [0.1, 0.15) is 51.5 Å². The predicted molar refractivity (Wildman–Crippen MR) is 91.4 cm³/mol. The monoisotopic (exact) mass is 338 g/mol. The minimum Gasteiger partial charge on any atom is -0.369 e. The summed E-state index contributed by atoms with van der Waals surface area (Å²) >= 11 is 3.63. The standard InChI is InChI=1S/C17H27BrN2/c1-3-20(16-7-5-4-6-8-16)17-12-15(18)10-9-14(17)11-13(2)19/h9-10,12-13,16H,3-8,11,19H2,1-2H3. The predicted octanol–water partition coefficient (Wildman–Crippen LogP) is 4.50. The third kappa shape index (κ3) is 3.98. The van der Waals surface area contributed by atoms with Crippen LogP contribution in [0.3, 0.4) is 0 Å². The van der Waals surface area contributed by atoms with Crippen LogP contribution in [0.4, 0.5) is 5.69 Å². The van der Waals surface area contributed by atoms with Gasteiger partial charge in [0.2, 0.25) is 0 Å². The molecule has 1 aromatic rings. The SMILES string of the molecule is CCN(c1cc(Br)ccc1CC(C)N)C1CCCCC1. The lowest BCUT2D eigenvalue weighted by Gasteiger charge is -2.37. The number of benzene rings is 1. The summed E-state index contributed by atoms with van der Waals surface area (Å²) in [7, 11) is 0. The lowest BCUT2D eigenvalue weighted by Crippen LogP contribution is -2.37. The fourth-order valence-corrected chi connectivity index (χ4v) is 3.69. The van der Waals surface area contributed by atoms with E-state index in [4.69, 9.17) is 5.73 Å². The maximum Gasteiger partial charge on any atom is 0.0413 e. The Bertz CT molecular complexity index is 425. The highest BCUT2D eigenvalue weighted by atomic mass is 79.9. The molecule has 0 aromatic heterocycles. The van der Waals surface area contributed by atoms with E-state index in [9.17, 15) is 0 Å². The van der Waals surface area contributed by atoms with Gasteiger partial charge < -0.3 is 10.6 Å². The summed E-state index contributed by atoms with van der Waals surface area (Å²) in [5.41, 5.74) is 8.79. The first-order valence-electron chi connectivity index (χ1n) is 7.92.